The number of nitrogens with zero attached hydrogens (tertiary/aromatic N) is 1. The van der Waals surface area contributed by atoms with Crippen LogP contribution in [-0.2, 0) is 4.79 Å². The molecule has 0 bridgehead atoms. The summed E-state index contributed by atoms with van der Waals surface area (Å²) in [5.74, 6) is 1.67. The molecule has 1 amide bonds. The molecule has 1 aliphatic rings. The maximum Gasteiger partial charge on any atom is 0.234 e. The second-order valence-electron chi connectivity index (χ2n) is 5.90. The van der Waals surface area contributed by atoms with Gasteiger partial charge in [-0.2, -0.15) is 0 Å². The van der Waals surface area contributed by atoms with E-state index >= 15 is 0 Å². The van der Waals surface area contributed by atoms with Gasteiger partial charge >= 0.3 is 0 Å². The van der Waals surface area contributed by atoms with Gasteiger partial charge in [-0.25, -0.2) is 0 Å². The van der Waals surface area contributed by atoms with Crippen LogP contribution in [0.25, 0.3) is 0 Å². The van der Waals surface area contributed by atoms with E-state index in [1.807, 2.05) is 24.3 Å². The van der Waals surface area contributed by atoms with E-state index in [9.17, 15) is 4.79 Å². The number of hydrogen-bond acceptors (Lipinski definition) is 4. The number of benzene rings is 1. The van der Waals surface area contributed by atoms with Gasteiger partial charge in [-0.15, -0.1) is 0 Å². The molecule has 128 valence electrons. The number of nitrogens with one attached hydrogen (secondary N) is 1. The number of carbonyl (C=O) groups is 1. The molecule has 5 heteroatoms. The molecule has 0 aliphatic carbocycles. The number of rotatable bonds is 8. The lowest BCUT2D eigenvalue weighted by molar-refractivity contribution is -0.123. The van der Waals surface area contributed by atoms with Crippen LogP contribution in [0.3, 0.4) is 0 Å². The zero-order valence-corrected chi connectivity index (χ0v) is 14.2. The lowest BCUT2D eigenvalue weighted by atomic mass is 10.0. The Balaban J connectivity index is 1.64. The zero-order chi connectivity index (χ0) is 16.5. The van der Waals surface area contributed by atoms with E-state index in [0.29, 0.717) is 25.7 Å². The first-order valence-electron chi connectivity index (χ1n) is 8.50. The summed E-state index contributed by atoms with van der Waals surface area (Å²) in [6.45, 7) is 4.73. The molecule has 1 fully saturated rings. The Labute approximate surface area is 139 Å². The molecular formula is C18H28N2O3. The summed E-state index contributed by atoms with van der Waals surface area (Å²) in [5.41, 5.74) is 0. The van der Waals surface area contributed by atoms with Gasteiger partial charge in [0, 0.05) is 6.04 Å². The first kappa shape index (κ1) is 17.6. The Hall–Kier alpha value is -1.75. The van der Waals surface area contributed by atoms with E-state index in [2.05, 4.69) is 17.1 Å². The smallest absolute Gasteiger partial charge is 0.234 e. The van der Waals surface area contributed by atoms with Gasteiger partial charge in [-0.1, -0.05) is 13.3 Å². The van der Waals surface area contributed by atoms with E-state index in [-0.39, 0.29) is 5.91 Å². The minimum Gasteiger partial charge on any atom is -0.497 e. The van der Waals surface area contributed by atoms with Crippen LogP contribution in [0.2, 0.25) is 0 Å². The monoisotopic (exact) mass is 320 g/mol. The topological polar surface area (TPSA) is 50.8 Å². The van der Waals surface area contributed by atoms with Crippen molar-refractivity contribution in [3.8, 4) is 11.5 Å². The van der Waals surface area contributed by atoms with Crippen molar-refractivity contribution in [2.45, 2.75) is 38.6 Å². The quantitative estimate of drug-likeness (QED) is 0.748. The molecule has 2 rings (SSSR count). The Kier molecular flexibility index (Phi) is 7.20. The summed E-state index contributed by atoms with van der Waals surface area (Å²) < 4.78 is 10.7. The van der Waals surface area contributed by atoms with Gasteiger partial charge in [0.1, 0.15) is 18.1 Å². The van der Waals surface area contributed by atoms with Crippen LogP contribution in [0.4, 0.5) is 0 Å². The highest BCUT2D eigenvalue weighted by Gasteiger charge is 2.22. The molecule has 0 aromatic heterocycles. The van der Waals surface area contributed by atoms with Gasteiger partial charge in [-0.3, -0.25) is 9.69 Å². The fraction of sp³-hybridized carbons (Fsp3) is 0.611. The van der Waals surface area contributed by atoms with Crippen molar-refractivity contribution in [2.75, 3.05) is 33.4 Å². The first-order chi connectivity index (χ1) is 11.2. The van der Waals surface area contributed by atoms with E-state index in [0.717, 1.165) is 24.5 Å². The summed E-state index contributed by atoms with van der Waals surface area (Å²) in [6.07, 6.45) is 4.81. The highest BCUT2D eigenvalue weighted by Crippen LogP contribution is 2.19. The fourth-order valence-corrected chi connectivity index (χ4v) is 3.00. The van der Waals surface area contributed by atoms with Crippen LogP contribution in [0, 0.1) is 0 Å². The maximum atomic E-state index is 12.0. The van der Waals surface area contributed by atoms with E-state index in [1.165, 1.54) is 19.3 Å². The molecule has 1 aliphatic heterocycles. The highest BCUT2D eigenvalue weighted by atomic mass is 16.5. The van der Waals surface area contributed by atoms with Crippen LogP contribution in [0.15, 0.2) is 24.3 Å². The second-order valence-corrected chi connectivity index (χ2v) is 5.90. The molecular weight excluding hydrogens is 292 g/mol. The van der Waals surface area contributed by atoms with Crippen molar-refractivity contribution in [3.63, 3.8) is 0 Å². The standard InChI is InChI=1S/C18H28N2O3/c1-3-15-6-4-5-12-20(15)14-18(21)19-11-13-23-17-9-7-16(22-2)8-10-17/h7-10,15H,3-6,11-14H2,1-2H3,(H,19,21). The molecule has 23 heavy (non-hydrogen) atoms. The first-order valence-corrected chi connectivity index (χ1v) is 8.50. The van der Waals surface area contributed by atoms with Gasteiger partial charge in [0.2, 0.25) is 5.91 Å². The number of methoxy groups -OCH3 is 1. The third-order valence-electron chi connectivity index (χ3n) is 4.32. The molecule has 0 saturated carbocycles. The van der Waals surface area contributed by atoms with Crippen molar-refractivity contribution < 1.29 is 14.3 Å². The Morgan fingerprint density at radius 1 is 1.26 bits per heavy atom. The average molecular weight is 320 g/mol. The van der Waals surface area contributed by atoms with Crippen molar-refractivity contribution in [1.29, 1.82) is 0 Å². The minimum atomic E-state index is 0.0867. The molecule has 1 aromatic rings. The summed E-state index contributed by atoms with van der Waals surface area (Å²) in [5, 5.41) is 2.94. The Bertz CT molecular complexity index is 476. The van der Waals surface area contributed by atoms with Crippen LogP contribution in [0.1, 0.15) is 32.6 Å². The number of likely N-dealkylation sites (tertiary alicyclic amines) is 1. The number of hydrogen-bond donors (Lipinski definition) is 1. The number of ether oxygens (including phenoxy) is 2. The van der Waals surface area contributed by atoms with Gasteiger partial charge in [0.15, 0.2) is 0 Å². The van der Waals surface area contributed by atoms with Crippen molar-refractivity contribution in [2.24, 2.45) is 0 Å². The van der Waals surface area contributed by atoms with Crippen LogP contribution in [-0.4, -0.2) is 50.2 Å². The van der Waals surface area contributed by atoms with Crippen LogP contribution < -0.4 is 14.8 Å². The summed E-state index contributed by atoms with van der Waals surface area (Å²) in [7, 11) is 1.64. The molecule has 1 saturated heterocycles. The second kappa shape index (κ2) is 9.40. The number of amides is 1. The zero-order valence-electron chi connectivity index (χ0n) is 14.2. The van der Waals surface area contributed by atoms with Crippen molar-refractivity contribution in [1.82, 2.24) is 10.2 Å². The SMILES string of the molecule is CCC1CCCCN1CC(=O)NCCOc1ccc(OC)cc1. The van der Waals surface area contributed by atoms with Crippen LogP contribution in [0.5, 0.6) is 11.5 Å². The number of piperidine rings is 1. The molecule has 1 aromatic carbocycles. The number of carbonyl (C=O) groups excluding carboxylic acids is 1. The Morgan fingerprint density at radius 2 is 2.00 bits per heavy atom. The van der Waals surface area contributed by atoms with E-state index in [4.69, 9.17) is 9.47 Å². The van der Waals surface area contributed by atoms with Crippen LogP contribution >= 0.6 is 0 Å². The third-order valence-corrected chi connectivity index (χ3v) is 4.32. The molecule has 0 radical (unpaired) electrons. The van der Waals surface area contributed by atoms with Gasteiger partial charge in [-0.05, 0) is 50.1 Å². The highest BCUT2D eigenvalue weighted by molar-refractivity contribution is 5.78. The molecule has 1 heterocycles. The fourth-order valence-electron chi connectivity index (χ4n) is 3.00. The molecule has 1 atom stereocenters. The molecule has 1 N–H and O–H groups in total. The van der Waals surface area contributed by atoms with Gasteiger partial charge < -0.3 is 14.8 Å². The summed E-state index contributed by atoms with van der Waals surface area (Å²) >= 11 is 0. The maximum absolute atomic E-state index is 12.0. The lowest BCUT2D eigenvalue weighted by Gasteiger charge is -2.34. The van der Waals surface area contributed by atoms with Gasteiger partial charge in [0.05, 0.1) is 20.2 Å². The molecule has 0 spiro atoms. The predicted octanol–water partition coefficient (Wildman–Crippen LogP) is 2.45. The largest absolute Gasteiger partial charge is 0.497 e. The summed E-state index contributed by atoms with van der Waals surface area (Å²) in [4.78, 5) is 14.4. The van der Waals surface area contributed by atoms with Gasteiger partial charge in [0.25, 0.3) is 0 Å². The Morgan fingerprint density at radius 3 is 2.70 bits per heavy atom. The normalized spacial score (nSPS) is 18.4. The third kappa shape index (κ3) is 5.75. The van der Waals surface area contributed by atoms with Crippen molar-refractivity contribution >= 4 is 5.91 Å². The van der Waals surface area contributed by atoms with E-state index < -0.39 is 0 Å². The average Bonchev–Trinajstić information content (AvgIpc) is 2.59. The van der Waals surface area contributed by atoms with E-state index in [1.54, 1.807) is 7.11 Å². The summed E-state index contributed by atoms with van der Waals surface area (Å²) in [6, 6.07) is 8.00. The predicted molar refractivity (Wildman–Crippen MR) is 91.0 cm³/mol. The molecule has 1 unspecified atom stereocenters. The lowest BCUT2D eigenvalue weighted by Crippen LogP contribution is -2.45. The molecule has 5 nitrogen and oxygen atoms in total. The van der Waals surface area contributed by atoms with Crippen molar-refractivity contribution in [3.05, 3.63) is 24.3 Å². The minimum absolute atomic E-state index is 0.0867.